The van der Waals surface area contributed by atoms with E-state index in [9.17, 15) is 4.79 Å². The van der Waals surface area contributed by atoms with Crippen LogP contribution in [-0.2, 0) is 4.79 Å². The van der Waals surface area contributed by atoms with Gasteiger partial charge >= 0.3 is 0 Å². The Morgan fingerprint density at radius 2 is 2.05 bits per heavy atom. The molecule has 2 aliphatic heterocycles. The van der Waals surface area contributed by atoms with Crippen molar-refractivity contribution in [3.8, 4) is 5.75 Å². The van der Waals surface area contributed by atoms with E-state index in [0.717, 1.165) is 63.4 Å². The quantitative estimate of drug-likeness (QED) is 0.845. The molecule has 0 atom stereocenters. The molecule has 0 radical (unpaired) electrons. The molecule has 1 N–H and O–H groups in total. The zero-order chi connectivity index (χ0) is 15.4. The predicted octanol–water partition coefficient (Wildman–Crippen LogP) is 2.01. The molecule has 5 heteroatoms. The molecule has 0 aliphatic carbocycles. The standard InChI is InChI=1S/C17H25N3O2/c1-2-3-4-9-20-15-12-14(19-10-7-18-8-11-19)5-6-16(15)22-13-17(20)21/h5-6,12,18H,2-4,7-11,13H2,1H3. The van der Waals surface area contributed by atoms with E-state index in [0.29, 0.717) is 0 Å². The van der Waals surface area contributed by atoms with E-state index in [-0.39, 0.29) is 12.5 Å². The van der Waals surface area contributed by atoms with Gasteiger partial charge in [0.15, 0.2) is 6.61 Å². The minimum Gasteiger partial charge on any atom is -0.482 e. The molecule has 0 unspecified atom stereocenters. The Labute approximate surface area is 132 Å². The van der Waals surface area contributed by atoms with Gasteiger partial charge in [-0.05, 0) is 24.6 Å². The average molecular weight is 303 g/mol. The second kappa shape index (κ2) is 7.01. The summed E-state index contributed by atoms with van der Waals surface area (Å²) in [6.45, 7) is 7.14. The van der Waals surface area contributed by atoms with Crippen molar-refractivity contribution in [1.82, 2.24) is 5.32 Å². The molecule has 3 rings (SSSR count). The maximum Gasteiger partial charge on any atom is 0.265 e. The molecule has 5 nitrogen and oxygen atoms in total. The third-order valence-electron chi connectivity index (χ3n) is 4.35. The molecule has 2 aliphatic rings. The number of anilines is 2. The molecule has 1 aromatic carbocycles. The van der Waals surface area contributed by atoms with Crippen molar-refractivity contribution < 1.29 is 9.53 Å². The summed E-state index contributed by atoms with van der Waals surface area (Å²) in [5, 5.41) is 3.37. The minimum absolute atomic E-state index is 0.0704. The molecule has 0 spiro atoms. The summed E-state index contributed by atoms with van der Waals surface area (Å²) in [5.41, 5.74) is 2.11. The summed E-state index contributed by atoms with van der Waals surface area (Å²) in [6, 6.07) is 6.22. The van der Waals surface area contributed by atoms with Crippen LogP contribution in [0, 0.1) is 0 Å². The van der Waals surface area contributed by atoms with E-state index in [1.807, 2.05) is 11.0 Å². The van der Waals surface area contributed by atoms with Gasteiger partial charge < -0.3 is 19.9 Å². The molecule has 1 aromatic rings. The van der Waals surface area contributed by atoms with E-state index in [1.54, 1.807) is 0 Å². The van der Waals surface area contributed by atoms with Gasteiger partial charge in [0.25, 0.3) is 5.91 Å². The van der Waals surface area contributed by atoms with Gasteiger partial charge in [-0.1, -0.05) is 19.8 Å². The third kappa shape index (κ3) is 3.19. The zero-order valence-corrected chi connectivity index (χ0v) is 13.3. The summed E-state index contributed by atoms with van der Waals surface area (Å²) < 4.78 is 5.59. The number of hydrogen-bond acceptors (Lipinski definition) is 4. The zero-order valence-electron chi connectivity index (χ0n) is 13.3. The number of nitrogens with zero attached hydrogens (tertiary/aromatic N) is 2. The van der Waals surface area contributed by atoms with E-state index in [2.05, 4.69) is 29.3 Å². The van der Waals surface area contributed by atoms with E-state index in [1.165, 1.54) is 5.69 Å². The second-order valence-electron chi connectivity index (χ2n) is 5.93. The van der Waals surface area contributed by atoms with Crippen LogP contribution in [0.5, 0.6) is 5.75 Å². The Morgan fingerprint density at radius 3 is 2.82 bits per heavy atom. The number of rotatable bonds is 5. The highest BCUT2D eigenvalue weighted by Crippen LogP contribution is 2.36. The number of carbonyl (C=O) groups is 1. The molecule has 1 amide bonds. The lowest BCUT2D eigenvalue weighted by Gasteiger charge is -2.33. The first kappa shape index (κ1) is 15.2. The van der Waals surface area contributed by atoms with Gasteiger partial charge in [0.2, 0.25) is 0 Å². The van der Waals surface area contributed by atoms with E-state index < -0.39 is 0 Å². The number of unbranched alkanes of at least 4 members (excludes halogenated alkanes) is 2. The second-order valence-corrected chi connectivity index (χ2v) is 5.93. The van der Waals surface area contributed by atoms with Gasteiger partial charge in [-0.25, -0.2) is 0 Å². The number of ether oxygens (including phenoxy) is 1. The lowest BCUT2D eigenvalue weighted by Crippen LogP contribution is -2.44. The van der Waals surface area contributed by atoms with Crippen LogP contribution in [0.4, 0.5) is 11.4 Å². The van der Waals surface area contributed by atoms with Crippen LogP contribution < -0.4 is 19.9 Å². The Bertz CT molecular complexity index is 527. The number of amides is 1. The SMILES string of the molecule is CCCCCN1C(=O)COc2ccc(N3CCNCC3)cc21. The Morgan fingerprint density at radius 1 is 1.23 bits per heavy atom. The fourth-order valence-electron chi connectivity index (χ4n) is 3.08. The lowest BCUT2D eigenvalue weighted by atomic mass is 10.1. The highest BCUT2D eigenvalue weighted by molar-refractivity contribution is 5.98. The van der Waals surface area contributed by atoms with Crippen LogP contribution in [0.2, 0.25) is 0 Å². The minimum atomic E-state index is 0.0704. The van der Waals surface area contributed by atoms with Crippen molar-refractivity contribution in [2.45, 2.75) is 26.2 Å². The first-order valence-electron chi connectivity index (χ1n) is 8.32. The van der Waals surface area contributed by atoms with Crippen LogP contribution in [0.1, 0.15) is 26.2 Å². The molecule has 2 heterocycles. The highest BCUT2D eigenvalue weighted by Gasteiger charge is 2.26. The van der Waals surface area contributed by atoms with Crippen molar-refractivity contribution in [1.29, 1.82) is 0 Å². The van der Waals surface area contributed by atoms with Gasteiger partial charge in [0.05, 0.1) is 5.69 Å². The summed E-state index contributed by atoms with van der Waals surface area (Å²) in [7, 11) is 0. The van der Waals surface area contributed by atoms with Crippen molar-refractivity contribution >= 4 is 17.3 Å². The van der Waals surface area contributed by atoms with Gasteiger partial charge in [-0.15, -0.1) is 0 Å². The summed E-state index contributed by atoms with van der Waals surface area (Å²) in [5.74, 6) is 0.899. The molecule has 120 valence electrons. The molecule has 0 aromatic heterocycles. The smallest absolute Gasteiger partial charge is 0.265 e. The van der Waals surface area contributed by atoms with Crippen LogP contribution in [-0.4, -0.2) is 45.2 Å². The molecule has 0 saturated carbocycles. The summed E-state index contributed by atoms with van der Waals surface area (Å²) in [6.07, 6.45) is 3.35. The Hall–Kier alpha value is -1.75. The van der Waals surface area contributed by atoms with Gasteiger partial charge in [-0.2, -0.15) is 0 Å². The first-order valence-corrected chi connectivity index (χ1v) is 8.32. The van der Waals surface area contributed by atoms with Gasteiger partial charge in [0.1, 0.15) is 5.75 Å². The van der Waals surface area contributed by atoms with E-state index in [4.69, 9.17) is 4.74 Å². The molecular formula is C17H25N3O2. The summed E-state index contributed by atoms with van der Waals surface area (Å²) >= 11 is 0. The van der Waals surface area contributed by atoms with Crippen molar-refractivity contribution in [2.24, 2.45) is 0 Å². The number of carbonyl (C=O) groups excluding carboxylic acids is 1. The normalized spacial score (nSPS) is 18.1. The lowest BCUT2D eigenvalue weighted by molar-refractivity contribution is -0.121. The molecular weight excluding hydrogens is 278 g/mol. The monoisotopic (exact) mass is 303 g/mol. The van der Waals surface area contributed by atoms with Gasteiger partial charge in [-0.3, -0.25) is 4.79 Å². The summed E-state index contributed by atoms with van der Waals surface area (Å²) in [4.78, 5) is 16.5. The highest BCUT2D eigenvalue weighted by atomic mass is 16.5. The van der Waals surface area contributed by atoms with Crippen molar-refractivity contribution in [3.63, 3.8) is 0 Å². The molecule has 1 saturated heterocycles. The fourth-order valence-corrected chi connectivity index (χ4v) is 3.08. The Kier molecular flexibility index (Phi) is 4.83. The predicted molar refractivity (Wildman–Crippen MR) is 88.9 cm³/mol. The van der Waals surface area contributed by atoms with Crippen LogP contribution in [0.3, 0.4) is 0 Å². The largest absolute Gasteiger partial charge is 0.482 e. The average Bonchev–Trinajstić information content (AvgIpc) is 2.57. The fraction of sp³-hybridized carbons (Fsp3) is 0.588. The van der Waals surface area contributed by atoms with Crippen LogP contribution >= 0.6 is 0 Å². The topological polar surface area (TPSA) is 44.8 Å². The van der Waals surface area contributed by atoms with E-state index >= 15 is 0 Å². The molecule has 1 fully saturated rings. The number of piperazine rings is 1. The number of nitrogens with one attached hydrogen (secondary N) is 1. The third-order valence-corrected chi connectivity index (χ3v) is 4.35. The molecule has 0 bridgehead atoms. The first-order chi connectivity index (χ1) is 10.8. The van der Waals surface area contributed by atoms with Gasteiger partial charge in [0, 0.05) is 38.4 Å². The van der Waals surface area contributed by atoms with Crippen molar-refractivity contribution in [2.75, 3.05) is 49.1 Å². The molecule has 22 heavy (non-hydrogen) atoms. The van der Waals surface area contributed by atoms with Crippen LogP contribution in [0.15, 0.2) is 18.2 Å². The number of benzene rings is 1. The number of fused-ring (bicyclic) bond motifs is 1. The Balaban J connectivity index is 1.82. The van der Waals surface area contributed by atoms with Crippen LogP contribution in [0.25, 0.3) is 0 Å². The maximum absolute atomic E-state index is 12.2. The maximum atomic E-state index is 12.2. The number of hydrogen-bond donors (Lipinski definition) is 1. The van der Waals surface area contributed by atoms with Crippen molar-refractivity contribution in [3.05, 3.63) is 18.2 Å².